The van der Waals surface area contributed by atoms with E-state index in [0.29, 0.717) is 12.0 Å². The van der Waals surface area contributed by atoms with E-state index in [4.69, 9.17) is 5.73 Å². The molecule has 0 saturated heterocycles. The molecule has 2 aliphatic rings. The van der Waals surface area contributed by atoms with E-state index in [2.05, 4.69) is 78.0 Å². The molecule has 1 fully saturated rings. The molecular weight excluding hydrogens is 302 g/mol. The lowest BCUT2D eigenvalue weighted by molar-refractivity contribution is 0.111. The van der Waals surface area contributed by atoms with Crippen molar-refractivity contribution in [1.82, 2.24) is 0 Å². The van der Waals surface area contributed by atoms with Crippen molar-refractivity contribution in [1.29, 1.82) is 0 Å². The van der Waals surface area contributed by atoms with Crippen LogP contribution in [0.25, 0.3) is 0 Å². The van der Waals surface area contributed by atoms with Gasteiger partial charge in [-0.1, -0.05) is 83.1 Å². The van der Waals surface area contributed by atoms with Crippen molar-refractivity contribution in [3.05, 3.63) is 47.6 Å². The Morgan fingerprint density at radius 3 is 2.32 bits per heavy atom. The van der Waals surface area contributed by atoms with E-state index in [0.717, 1.165) is 5.92 Å². The molecule has 2 N–H and O–H groups in total. The molecule has 25 heavy (non-hydrogen) atoms. The van der Waals surface area contributed by atoms with Crippen LogP contribution in [0.2, 0.25) is 0 Å². The van der Waals surface area contributed by atoms with Gasteiger partial charge in [0.2, 0.25) is 0 Å². The zero-order valence-corrected chi connectivity index (χ0v) is 17.3. The van der Waals surface area contributed by atoms with Gasteiger partial charge in [-0.3, -0.25) is 0 Å². The fraction of sp³-hybridized carbons (Fsp3) is 0.667. The van der Waals surface area contributed by atoms with Crippen LogP contribution in [0.4, 0.5) is 0 Å². The molecule has 0 aromatic carbocycles. The summed E-state index contributed by atoms with van der Waals surface area (Å²) >= 11 is 0. The van der Waals surface area contributed by atoms with Gasteiger partial charge in [0.1, 0.15) is 0 Å². The predicted octanol–water partition coefficient (Wildman–Crippen LogP) is 6.58. The first-order valence-electron chi connectivity index (χ1n) is 10.1. The summed E-state index contributed by atoms with van der Waals surface area (Å²) in [4.78, 5) is 0. The Morgan fingerprint density at radius 1 is 0.960 bits per heavy atom. The normalized spacial score (nSPS) is 32.0. The fourth-order valence-electron chi connectivity index (χ4n) is 4.99. The molecule has 0 bridgehead atoms. The molecule has 2 aliphatic carbocycles. The summed E-state index contributed by atoms with van der Waals surface area (Å²) in [5.74, 6) is 1.45. The molecule has 0 aromatic rings. The highest BCUT2D eigenvalue weighted by molar-refractivity contribution is 5.37. The Morgan fingerprint density at radius 2 is 1.60 bits per heavy atom. The third-order valence-corrected chi connectivity index (χ3v) is 6.43. The maximum absolute atomic E-state index is 6.64. The SMILES string of the molecule is CC1=C/C=C\C=C(\C(C)(C)CC(C)(C)C2CCC(C)CCC2N)C=C1. The molecule has 0 aliphatic heterocycles. The van der Waals surface area contributed by atoms with Gasteiger partial charge in [0, 0.05) is 6.04 Å². The molecule has 0 radical (unpaired) electrons. The van der Waals surface area contributed by atoms with Crippen LogP contribution in [0.15, 0.2) is 47.6 Å². The van der Waals surface area contributed by atoms with Crippen molar-refractivity contribution in [3.8, 4) is 0 Å². The molecule has 3 atom stereocenters. The van der Waals surface area contributed by atoms with Crippen molar-refractivity contribution in [3.63, 3.8) is 0 Å². The van der Waals surface area contributed by atoms with Gasteiger partial charge in [-0.05, 0) is 60.8 Å². The lowest BCUT2D eigenvalue weighted by Gasteiger charge is -2.43. The van der Waals surface area contributed by atoms with Crippen molar-refractivity contribution in [2.45, 2.75) is 79.7 Å². The quantitative estimate of drug-likeness (QED) is 0.574. The summed E-state index contributed by atoms with van der Waals surface area (Å²) in [6, 6.07) is 0.350. The molecule has 3 unspecified atom stereocenters. The Labute approximate surface area is 156 Å². The minimum atomic E-state index is 0.138. The average Bonchev–Trinajstić information content (AvgIpc) is 2.64. The maximum Gasteiger partial charge on any atom is 0.00723 e. The predicted molar refractivity (Wildman–Crippen MR) is 111 cm³/mol. The molecule has 0 amide bonds. The lowest BCUT2D eigenvalue weighted by atomic mass is 9.63. The standard InChI is InChI=1S/C24H39N/c1-18-9-7-8-10-20(14-11-18)23(3,4)17-24(5,6)21-15-12-19(2)13-16-22(21)25/h7-11,14,19,21-22H,12-13,15-17,25H2,1-6H3/b8-7-,9-7?,10-8?,14-11?,18-9?,18-11?,20-10+,20-14?. The van der Waals surface area contributed by atoms with Crippen LogP contribution in [0.3, 0.4) is 0 Å². The molecule has 0 spiro atoms. The highest BCUT2D eigenvalue weighted by Crippen LogP contribution is 2.47. The van der Waals surface area contributed by atoms with Gasteiger partial charge in [0.25, 0.3) is 0 Å². The van der Waals surface area contributed by atoms with E-state index >= 15 is 0 Å². The van der Waals surface area contributed by atoms with Crippen LogP contribution in [0.5, 0.6) is 0 Å². The van der Waals surface area contributed by atoms with E-state index < -0.39 is 0 Å². The molecule has 0 aromatic heterocycles. The number of nitrogens with two attached hydrogens (primary N) is 1. The Hall–Kier alpha value is -1.08. The maximum atomic E-state index is 6.64. The summed E-state index contributed by atoms with van der Waals surface area (Å²) in [7, 11) is 0. The summed E-state index contributed by atoms with van der Waals surface area (Å²) in [6.45, 7) is 14.2. The van der Waals surface area contributed by atoms with Crippen LogP contribution in [0, 0.1) is 22.7 Å². The van der Waals surface area contributed by atoms with Gasteiger partial charge in [0.15, 0.2) is 0 Å². The fourth-order valence-corrected chi connectivity index (χ4v) is 4.99. The number of allylic oxidation sites excluding steroid dienone is 8. The van der Waals surface area contributed by atoms with Crippen LogP contribution in [-0.4, -0.2) is 6.04 Å². The van der Waals surface area contributed by atoms with E-state index in [1.807, 2.05) is 0 Å². The minimum absolute atomic E-state index is 0.138. The summed E-state index contributed by atoms with van der Waals surface area (Å²) in [6.07, 6.45) is 19.6. The van der Waals surface area contributed by atoms with Crippen molar-refractivity contribution < 1.29 is 0 Å². The highest BCUT2D eigenvalue weighted by Gasteiger charge is 2.39. The molecule has 1 nitrogen and oxygen atoms in total. The molecule has 140 valence electrons. The van der Waals surface area contributed by atoms with Gasteiger partial charge in [-0.2, -0.15) is 0 Å². The molecular formula is C24H39N. The third kappa shape index (κ3) is 5.45. The zero-order valence-electron chi connectivity index (χ0n) is 17.3. The van der Waals surface area contributed by atoms with E-state index in [-0.39, 0.29) is 10.8 Å². The first kappa shape index (κ1) is 20.2. The van der Waals surface area contributed by atoms with Crippen LogP contribution >= 0.6 is 0 Å². The van der Waals surface area contributed by atoms with Gasteiger partial charge >= 0.3 is 0 Å². The first-order chi connectivity index (χ1) is 11.6. The highest BCUT2D eigenvalue weighted by atomic mass is 14.7. The second-order valence-corrected chi connectivity index (χ2v) is 9.83. The van der Waals surface area contributed by atoms with Crippen LogP contribution in [0.1, 0.15) is 73.6 Å². The molecule has 1 saturated carbocycles. The van der Waals surface area contributed by atoms with Crippen molar-refractivity contribution in [2.24, 2.45) is 28.4 Å². The molecule has 0 heterocycles. The molecule has 2 rings (SSSR count). The van der Waals surface area contributed by atoms with Crippen LogP contribution < -0.4 is 5.73 Å². The van der Waals surface area contributed by atoms with Gasteiger partial charge in [-0.15, -0.1) is 0 Å². The summed E-state index contributed by atoms with van der Waals surface area (Å²) in [5.41, 5.74) is 9.75. The van der Waals surface area contributed by atoms with E-state index in [1.54, 1.807) is 0 Å². The Balaban J connectivity index is 2.18. The smallest absolute Gasteiger partial charge is 0.00723 e. The lowest BCUT2D eigenvalue weighted by Crippen LogP contribution is -2.41. The third-order valence-electron chi connectivity index (χ3n) is 6.43. The topological polar surface area (TPSA) is 26.0 Å². The van der Waals surface area contributed by atoms with Crippen molar-refractivity contribution >= 4 is 0 Å². The van der Waals surface area contributed by atoms with Crippen molar-refractivity contribution in [2.75, 3.05) is 0 Å². The van der Waals surface area contributed by atoms with E-state index in [9.17, 15) is 0 Å². The largest absolute Gasteiger partial charge is 0.327 e. The van der Waals surface area contributed by atoms with E-state index in [1.165, 1.54) is 43.3 Å². The Kier molecular flexibility index (Phi) is 6.54. The van der Waals surface area contributed by atoms with Gasteiger partial charge in [-0.25, -0.2) is 0 Å². The summed E-state index contributed by atoms with van der Waals surface area (Å²) < 4.78 is 0. The second kappa shape index (κ2) is 8.08. The minimum Gasteiger partial charge on any atom is -0.327 e. The zero-order chi connectivity index (χ0) is 18.7. The number of rotatable bonds is 4. The molecule has 1 heteroatoms. The van der Waals surface area contributed by atoms with Crippen LogP contribution in [-0.2, 0) is 0 Å². The monoisotopic (exact) mass is 341 g/mol. The Bertz CT molecular complexity index is 571. The van der Waals surface area contributed by atoms with Gasteiger partial charge in [0.05, 0.1) is 0 Å². The average molecular weight is 342 g/mol. The number of hydrogen-bond donors (Lipinski definition) is 1. The second-order valence-electron chi connectivity index (χ2n) is 9.83. The summed E-state index contributed by atoms with van der Waals surface area (Å²) in [5, 5.41) is 0. The van der Waals surface area contributed by atoms with Gasteiger partial charge < -0.3 is 5.73 Å². The number of hydrogen-bond acceptors (Lipinski definition) is 1. The first-order valence-corrected chi connectivity index (χ1v) is 10.1.